The summed E-state index contributed by atoms with van der Waals surface area (Å²) in [4.78, 5) is 17.8. The fourth-order valence-electron chi connectivity index (χ4n) is 1.96. The molecule has 0 fully saturated rings. The highest BCUT2D eigenvalue weighted by molar-refractivity contribution is 6.33. The molecule has 110 valence electrons. The van der Waals surface area contributed by atoms with E-state index in [0.717, 1.165) is 11.3 Å². The van der Waals surface area contributed by atoms with Gasteiger partial charge in [0.1, 0.15) is 5.75 Å². The van der Waals surface area contributed by atoms with E-state index in [2.05, 4.69) is 4.98 Å². The third kappa shape index (κ3) is 3.95. The van der Waals surface area contributed by atoms with Crippen LogP contribution in [0.15, 0.2) is 42.7 Å². The Kier molecular flexibility index (Phi) is 5.17. The maximum atomic E-state index is 12.3. The van der Waals surface area contributed by atoms with Gasteiger partial charge in [-0.15, -0.1) is 0 Å². The molecule has 0 bridgehead atoms. The molecule has 0 saturated carbocycles. The summed E-state index contributed by atoms with van der Waals surface area (Å²) < 4.78 is 5.39. The molecule has 0 spiro atoms. The van der Waals surface area contributed by atoms with Crippen LogP contribution >= 0.6 is 11.6 Å². The highest BCUT2D eigenvalue weighted by atomic mass is 35.5. The van der Waals surface area contributed by atoms with Gasteiger partial charge in [0.05, 0.1) is 17.2 Å². The summed E-state index contributed by atoms with van der Waals surface area (Å²) in [7, 11) is 1.75. The number of carbonyl (C=O) groups is 1. The quantitative estimate of drug-likeness (QED) is 0.850. The van der Waals surface area contributed by atoms with Crippen LogP contribution in [0.25, 0.3) is 0 Å². The minimum atomic E-state index is -0.128. The van der Waals surface area contributed by atoms with Gasteiger partial charge >= 0.3 is 0 Å². The van der Waals surface area contributed by atoms with Gasteiger partial charge in [0.15, 0.2) is 0 Å². The fourth-order valence-corrected chi connectivity index (χ4v) is 2.16. The molecule has 0 aliphatic carbocycles. The van der Waals surface area contributed by atoms with Crippen LogP contribution in [0.2, 0.25) is 5.02 Å². The largest absolute Gasteiger partial charge is 0.494 e. The molecule has 2 rings (SSSR count). The van der Waals surface area contributed by atoms with E-state index in [1.54, 1.807) is 24.2 Å². The first-order valence-corrected chi connectivity index (χ1v) is 7.06. The van der Waals surface area contributed by atoms with E-state index in [4.69, 9.17) is 16.3 Å². The molecule has 0 radical (unpaired) electrons. The number of hydrogen-bond donors (Lipinski definition) is 0. The second-order valence-corrected chi connectivity index (χ2v) is 5.00. The standard InChI is InChI=1S/C16H17ClN2O2/c1-3-21-13-6-4-12(5-7-13)11-19(2)16(20)14-8-9-18-10-15(14)17/h4-10H,3,11H2,1-2H3. The average molecular weight is 305 g/mol. The molecule has 1 amide bonds. The number of aromatic nitrogens is 1. The highest BCUT2D eigenvalue weighted by Crippen LogP contribution is 2.17. The first kappa shape index (κ1) is 15.3. The van der Waals surface area contributed by atoms with E-state index >= 15 is 0 Å². The fraction of sp³-hybridized carbons (Fsp3) is 0.250. The van der Waals surface area contributed by atoms with Crippen molar-refractivity contribution in [3.8, 4) is 5.75 Å². The Morgan fingerprint density at radius 1 is 1.29 bits per heavy atom. The van der Waals surface area contributed by atoms with Crippen molar-refractivity contribution >= 4 is 17.5 Å². The lowest BCUT2D eigenvalue weighted by atomic mass is 10.2. The van der Waals surface area contributed by atoms with Gasteiger partial charge in [-0.1, -0.05) is 23.7 Å². The molecule has 0 aliphatic heterocycles. The number of pyridine rings is 1. The SMILES string of the molecule is CCOc1ccc(CN(C)C(=O)c2ccncc2Cl)cc1. The highest BCUT2D eigenvalue weighted by Gasteiger charge is 2.15. The molecule has 1 aromatic heterocycles. The van der Waals surface area contributed by atoms with Crippen LogP contribution in [0.4, 0.5) is 0 Å². The van der Waals surface area contributed by atoms with Crippen molar-refractivity contribution in [3.05, 3.63) is 58.9 Å². The van der Waals surface area contributed by atoms with E-state index < -0.39 is 0 Å². The van der Waals surface area contributed by atoms with Crippen molar-refractivity contribution in [2.24, 2.45) is 0 Å². The third-order valence-electron chi connectivity index (χ3n) is 3.00. The van der Waals surface area contributed by atoms with Crippen LogP contribution in [-0.2, 0) is 6.54 Å². The minimum absolute atomic E-state index is 0.128. The molecule has 1 aromatic carbocycles. The molecule has 0 unspecified atom stereocenters. The zero-order valence-electron chi connectivity index (χ0n) is 12.0. The number of carbonyl (C=O) groups excluding carboxylic acids is 1. The van der Waals surface area contributed by atoms with E-state index in [-0.39, 0.29) is 5.91 Å². The van der Waals surface area contributed by atoms with Crippen molar-refractivity contribution in [3.63, 3.8) is 0 Å². The summed E-state index contributed by atoms with van der Waals surface area (Å²) in [6, 6.07) is 9.32. The second kappa shape index (κ2) is 7.09. The van der Waals surface area contributed by atoms with E-state index in [1.807, 2.05) is 31.2 Å². The molecular weight excluding hydrogens is 288 g/mol. The van der Waals surface area contributed by atoms with E-state index in [1.165, 1.54) is 6.20 Å². The van der Waals surface area contributed by atoms with Gasteiger partial charge in [0, 0.05) is 26.0 Å². The molecule has 1 heterocycles. The van der Waals surface area contributed by atoms with Crippen LogP contribution in [0.5, 0.6) is 5.75 Å². The molecule has 5 heteroatoms. The summed E-state index contributed by atoms with van der Waals surface area (Å²) in [5.41, 5.74) is 1.49. The zero-order chi connectivity index (χ0) is 15.2. The topological polar surface area (TPSA) is 42.4 Å². The first-order valence-electron chi connectivity index (χ1n) is 6.68. The normalized spacial score (nSPS) is 10.2. The molecule has 21 heavy (non-hydrogen) atoms. The Hall–Kier alpha value is -2.07. The molecule has 4 nitrogen and oxygen atoms in total. The van der Waals surface area contributed by atoms with Crippen LogP contribution < -0.4 is 4.74 Å². The lowest BCUT2D eigenvalue weighted by Crippen LogP contribution is -2.26. The number of amides is 1. The van der Waals surface area contributed by atoms with Crippen LogP contribution in [0, 0.1) is 0 Å². The van der Waals surface area contributed by atoms with Gasteiger partial charge in [0.25, 0.3) is 5.91 Å². The van der Waals surface area contributed by atoms with Crippen LogP contribution in [0.3, 0.4) is 0 Å². The Bertz CT molecular complexity index is 614. The van der Waals surface area contributed by atoms with Gasteiger partial charge in [-0.2, -0.15) is 0 Å². The number of hydrogen-bond acceptors (Lipinski definition) is 3. The number of rotatable bonds is 5. The maximum Gasteiger partial charge on any atom is 0.255 e. The van der Waals surface area contributed by atoms with Gasteiger partial charge in [-0.25, -0.2) is 0 Å². The van der Waals surface area contributed by atoms with Gasteiger partial charge < -0.3 is 9.64 Å². The molecule has 2 aromatic rings. The van der Waals surface area contributed by atoms with Crippen molar-refractivity contribution in [1.82, 2.24) is 9.88 Å². The summed E-state index contributed by atoms with van der Waals surface area (Å²) in [5, 5.41) is 0.362. The number of halogens is 1. The smallest absolute Gasteiger partial charge is 0.255 e. The molecular formula is C16H17ClN2O2. The predicted octanol–water partition coefficient (Wildman–Crippen LogP) is 3.41. The van der Waals surface area contributed by atoms with Gasteiger partial charge in [-0.3, -0.25) is 9.78 Å². The molecule has 0 aliphatic rings. The van der Waals surface area contributed by atoms with E-state index in [9.17, 15) is 4.79 Å². The number of ether oxygens (including phenoxy) is 1. The van der Waals surface area contributed by atoms with Crippen LogP contribution in [0.1, 0.15) is 22.8 Å². The maximum absolute atomic E-state index is 12.3. The predicted molar refractivity (Wildman–Crippen MR) is 82.7 cm³/mol. The van der Waals surface area contributed by atoms with E-state index in [0.29, 0.717) is 23.7 Å². The van der Waals surface area contributed by atoms with Crippen molar-refractivity contribution < 1.29 is 9.53 Å². The lowest BCUT2D eigenvalue weighted by molar-refractivity contribution is 0.0785. The second-order valence-electron chi connectivity index (χ2n) is 4.59. The Labute approximate surface area is 129 Å². The molecule has 0 saturated heterocycles. The zero-order valence-corrected chi connectivity index (χ0v) is 12.8. The molecule has 0 atom stereocenters. The van der Waals surface area contributed by atoms with Crippen molar-refractivity contribution in [2.75, 3.05) is 13.7 Å². The van der Waals surface area contributed by atoms with Crippen molar-refractivity contribution in [2.45, 2.75) is 13.5 Å². The Morgan fingerprint density at radius 2 is 2.00 bits per heavy atom. The number of nitrogens with zero attached hydrogens (tertiary/aromatic N) is 2. The Morgan fingerprint density at radius 3 is 2.62 bits per heavy atom. The monoisotopic (exact) mass is 304 g/mol. The minimum Gasteiger partial charge on any atom is -0.494 e. The first-order chi connectivity index (χ1) is 10.1. The van der Waals surface area contributed by atoms with Crippen molar-refractivity contribution in [1.29, 1.82) is 0 Å². The lowest BCUT2D eigenvalue weighted by Gasteiger charge is -2.18. The third-order valence-corrected chi connectivity index (χ3v) is 3.30. The summed E-state index contributed by atoms with van der Waals surface area (Å²) in [6.07, 6.45) is 3.03. The summed E-state index contributed by atoms with van der Waals surface area (Å²) in [6.45, 7) is 3.08. The van der Waals surface area contributed by atoms with Gasteiger partial charge in [0.2, 0.25) is 0 Å². The number of benzene rings is 1. The molecule has 0 N–H and O–H groups in total. The average Bonchev–Trinajstić information content (AvgIpc) is 2.49. The summed E-state index contributed by atoms with van der Waals surface area (Å²) in [5.74, 6) is 0.698. The summed E-state index contributed by atoms with van der Waals surface area (Å²) >= 11 is 6.00. The Balaban J connectivity index is 2.05. The van der Waals surface area contributed by atoms with Crippen LogP contribution in [-0.4, -0.2) is 29.4 Å². The van der Waals surface area contributed by atoms with Gasteiger partial charge in [-0.05, 0) is 30.7 Å².